The highest BCUT2D eigenvalue weighted by molar-refractivity contribution is 4.91. The first-order chi connectivity index (χ1) is 9.54. The summed E-state index contributed by atoms with van der Waals surface area (Å²) in [7, 11) is 6.74. The summed E-state index contributed by atoms with van der Waals surface area (Å²) in [6.45, 7) is 7.45. The molecule has 0 aromatic heterocycles. The van der Waals surface area contributed by atoms with Crippen LogP contribution in [0.5, 0.6) is 0 Å². The third kappa shape index (κ3) is 4.19. The van der Waals surface area contributed by atoms with E-state index in [0.717, 1.165) is 12.0 Å². The van der Waals surface area contributed by atoms with E-state index in [1.807, 2.05) is 0 Å². The molecule has 3 nitrogen and oxygen atoms in total. The van der Waals surface area contributed by atoms with Crippen molar-refractivity contribution in [2.24, 2.45) is 11.3 Å². The minimum Gasteiger partial charge on any atom is -0.319 e. The molecule has 20 heavy (non-hydrogen) atoms. The third-order valence-electron chi connectivity index (χ3n) is 5.63. The van der Waals surface area contributed by atoms with Gasteiger partial charge in [-0.2, -0.15) is 0 Å². The Balaban J connectivity index is 1.93. The number of likely N-dealkylation sites (tertiary alicyclic amines) is 1. The predicted octanol–water partition coefficient (Wildman–Crippen LogP) is 2.43. The van der Waals surface area contributed by atoms with Gasteiger partial charge in [0.2, 0.25) is 0 Å². The zero-order valence-corrected chi connectivity index (χ0v) is 14.1. The summed E-state index contributed by atoms with van der Waals surface area (Å²) < 4.78 is 0. The van der Waals surface area contributed by atoms with Crippen LogP contribution >= 0.6 is 0 Å². The van der Waals surface area contributed by atoms with Gasteiger partial charge in [-0.25, -0.2) is 0 Å². The van der Waals surface area contributed by atoms with Crippen molar-refractivity contribution in [2.75, 3.05) is 47.3 Å². The summed E-state index contributed by atoms with van der Waals surface area (Å²) in [5, 5.41) is 3.48. The van der Waals surface area contributed by atoms with Crippen LogP contribution in [-0.4, -0.2) is 63.2 Å². The standard InChI is InChI=1S/C17H35N3/c1-15-6-5-9-17(12-15,13-18-2)14-20(4)16-7-10-19(3)11-8-16/h15-16,18H,5-14H2,1-4H3. The van der Waals surface area contributed by atoms with Gasteiger partial charge in [0, 0.05) is 19.1 Å². The lowest BCUT2D eigenvalue weighted by atomic mass is 9.69. The van der Waals surface area contributed by atoms with E-state index < -0.39 is 0 Å². The molecule has 0 bridgehead atoms. The van der Waals surface area contributed by atoms with E-state index in [-0.39, 0.29) is 0 Å². The summed E-state index contributed by atoms with van der Waals surface area (Å²) in [5.41, 5.74) is 0.518. The van der Waals surface area contributed by atoms with Crippen molar-refractivity contribution in [1.29, 1.82) is 0 Å². The molecule has 0 radical (unpaired) electrons. The van der Waals surface area contributed by atoms with Crippen LogP contribution in [0, 0.1) is 11.3 Å². The highest BCUT2D eigenvalue weighted by atomic mass is 15.2. The molecule has 2 rings (SSSR count). The van der Waals surface area contributed by atoms with E-state index in [9.17, 15) is 0 Å². The zero-order valence-electron chi connectivity index (χ0n) is 14.1. The Bertz CT molecular complexity index is 282. The molecule has 2 fully saturated rings. The van der Waals surface area contributed by atoms with Gasteiger partial charge in [-0.3, -0.25) is 0 Å². The van der Waals surface area contributed by atoms with Crippen LogP contribution in [0.1, 0.15) is 45.4 Å². The van der Waals surface area contributed by atoms with Gasteiger partial charge in [-0.05, 0) is 71.2 Å². The number of piperidine rings is 1. The minimum atomic E-state index is 0.518. The largest absolute Gasteiger partial charge is 0.319 e. The van der Waals surface area contributed by atoms with Crippen molar-refractivity contribution in [3.63, 3.8) is 0 Å². The van der Waals surface area contributed by atoms with E-state index in [1.165, 1.54) is 64.7 Å². The summed E-state index contributed by atoms with van der Waals surface area (Å²) >= 11 is 0. The van der Waals surface area contributed by atoms with Crippen LogP contribution in [0.25, 0.3) is 0 Å². The summed E-state index contributed by atoms with van der Waals surface area (Å²) in [4.78, 5) is 5.15. The third-order valence-corrected chi connectivity index (χ3v) is 5.63. The number of hydrogen-bond acceptors (Lipinski definition) is 3. The van der Waals surface area contributed by atoms with Gasteiger partial charge in [0.15, 0.2) is 0 Å². The second-order valence-corrected chi connectivity index (χ2v) is 7.68. The Labute approximate surface area is 126 Å². The fourth-order valence-corrected chi connectivity index (χ4v) is 4.60. The molecule has 0 spiro atoms. The topological polar surface area (TPSA) is 18.5 Å². The predicted molar refractivity (Wildman–Crippen MR) is 87.1 cm³/mol. The maximum absolute atomic E-state index is 3.48. The Hall–Kier alpha value is -0.120. The maximum Gasteiger partial charge on any atom is 0.0117 e. The molecular weight excluding hydrogens is 246 g/mol. The smallest absolute Gasteiger partial charge is 0.0117 e. The van der Waals surface area contributed by atoms with E-state index in [0.29, 0.717) is 5.41 Å². The summed E-state index contributed by atoms with van der Waals surface area (Å²) in [5.74, 6) is 0.906. The lowest BCUT2D eigenvalue weighted by Gasteiger charge is -2.45. The van der Waals surface area contributed by atoms with Crippen LogP contribution in [-0.2, 0) is 0 Å². The van der Waals surface area contributed by atoms with Crippen molar-refractivity contribution in [3.8, 4) is 0 Å². The molecule has 1 aliphatic heterocycles. The van der Waals surface area contributed by atoms with Crippen LogP contribution < -0.4 is 5.32 Å². The van der Waals surface area contributed by atoms with Crippen LogP contribution in [0.3, 0.4) is 0 Å². The molecule has 1 saturated carbocycles. The van der Waals surface area contributed by atoms with Gasteiger partial charge >= 0.3 is 0 Å². The number of nitrogens with one attached hydrogen (secondary N) is 1. The molecular formula is C17H35N3. The molecule has 1 heterocycles. The first-order valence-corrected chi connectivity index (χ1v) is 8.58. The van der Waals surface area contributed by atoms with Crippen molar-refractivity contribution < 1.29 is 0 Å². The van der Waals surface area contributed by atoms with Gasteiger partial charge < -0.3 is 15.1 Å². The van der Waals surface area contributed by atoms with Gasteiger partial charge in [0.25, 0.3) is 0 Å². The SMILES string of the molecule is CNCC1(CN(C)C2CCN(C)CC2)CCCC(C)C1. The Morgan fingerprint density at radius 2 is 1.95 bits per heavy atom. The molecule has 0 aromatic carbocycles. The second kappa shape index (κ2) is 7.24. The molecule has 118 valence electrons. The van der Waals surface area contributed by atoms with Crippen molar-refractivity contribution in [1.82, 2.24) is 15.1 Å². The quantitative estimate of drug-likeness (QED) is 0.835. The highest BCUT2D eigenvalue weighted by Gasteiger charge is 2.36. The average molecular weight is 281 g/mol. The monoisotopic (exact) mass is 281 g/mol. The van der Waals surface area contributed by atoms with E-state index in [2.05, 4.69) is 43.2 Å². The van der Waals surface area contributed by atoms with Gasteiger partial charge in [0.05, 0.1) is 0 Å². The lowest BCUT2D eigenvalue weighted by molar-refractivity contribution is 0.0552. The van der Waals surface area contributed by atoms with Crippen LogP contribution in [0.4, 0.5) is 0 Å². The van der Waals surface area contributed by atoms with E-state index >= 15 is 0 Å². The molecule has 1 N–H and O–H groups in total. The fourth-order valence-electron chi connectivity index (χ4n) is 4.60. The number of nitrogens with zero attached hydrogens (tertiary/aromatic N) is 2. The zero-order chi connectivity index (χ0) is 14.6. The molecule has 3 heteroatoms. The first-order valence-electron chi connectivity index (χ1n) is 8.58. The molecule has 1 aliphatic carbocycles. The van der Waals surface area contributed by atoms with Gasteiger partial charge in [0.1, 0.15) is 0 Å². The molecule has 1 saturated heterocycles. The minimum absolute atomic E-state index is 0.518. The van der Waals surface area contributed by atoms with Crippen LogP contribution in [0.2, 0.25) is 0 Å². The second-order valence-electron chi connectivity index (χ2n) is 7.68. The van der Waals surface area contributed by atoms with Crippen molar-refractivity contribution in [2.45, 2.75) is 51.5 Å². The average Bonchev–Trinajstić information content (AvgIpc) is 2.39. The fraction of sp³-hybridized carbons (Fsp3) is 1.00. The Morgan fingerprint density at radius 1 is 1.25 bits per heavy atom. The number of rotatable bonds is 5. The molecule has 2 atom stereocenters. The van der Waals surface area contributed by atoms with Crippen LogP contribution in [0.15, 0.2) is 0 Å². The lowest BCUT2D eigenvalue weighted by Crippen LogP contribution is -2.50. The van der Waals surface area contributed by atoms with E-state index in [1.54, 1.807) is 0 Å². The summed E-state index contributed by atoms with van der Waals surface area (Å²) in [6.07, 6.45) is 8.36. The summed E-state index contributed by atoms with van der Waals surface area (Å²) in [6, 6.07) is 0.803. The maximum atomic E-state index is 3.48. The number of hydrogen-bond donors (Lipinski definition) is 1. The first kappa shape index (κ1) is 16.3. The molecule has 0 amide bonds. The van der Waals surface area contributed by atoms with Gasteiger partial charge in [-0.1, -0.05) is 19.8 Å². The van der Waals surface area contributed by atoms with Crippen molar-refractivity contribution in [3.05, 3.63) is 0 Å². The normalized spacial score (nSPS) is 33.8. The molecule has 2 aliphatic rings. The molecule has 2 unspecified atom stereocenters. The Kier molecular flexibility index (Phi) is 5.88. The van der Waals surface area contributed by atoms with Gasteiger partial charge in [-0.15, -0.1) is 0 Å². The van der Waals surface area contributed by atoms with E-state index in [4.69, 9.17) is 0 Å². The molecule has 0 aromatic rings. The van der Waals surface area contributed by atoms with Crippen molar-refractivity contribution >= 4 is 0 Å². The Morgan fingerprint density at radius 3 is 2.55 bits per heavy atom. The highest BCUT2D eigenvalue weighted by Crippen LogP contribution is 2.40.